The summed E-state index contributed by atoms with van der Waals surface area (Å²) in [4.78, 5) is 0. The van der Waals surface area contributed by atoms with Crippen molar-refractivity contribution in [3.05, 3.63) is 29.8 Å². The monoisotopic (exact) mass is 262 g/mol. The molecule has 3 nitrogen and oxygen atoms in total. The standard InChI is InChI=1S/C16H22O3/c17-9-12-5-7-14(8-6-12)18-10-13-11-19-16-4-2-1-3-15(13)16/h1-4,12-14,17H,5-11H2. The van der Waals surface area contributed by atoms with Crippen LogP contribution in [0.5, 0.6) is 5.75 Å². The van der Waals surface area contributed by atoms with Gasteiger partial charge in [0.1, 0.15) is 5.75 Å². The maximum atomic E-state index is 9.13. The second-order valence-corrected chi connectivity index (χ2v) is 5.70. The number of hydrogen-bond donors (Lipinski definition) is 1. The van der Waals surface area contributed by atoms with E-state index in [9.17, 15) is 0 Å². The zero-order valence-electron chi connectivity index (χ0n) is 11.3. The molecule has 2 aliphatic rings. The Labute approximate surface area is 114 Å². The molecule has 1 fully saturated rings. The molecule has 1 atom stereocenters. The van der Waals surface area contributed by atoms with Crippen LogP contribution >= 0.6 is 0 Å². The number of aliphatic hydroxyl groups excluding tert-OH is 1. The van der Waals surface area contributed by atoms with Gasteiger partial charge in [-0.15, -0.1) is 0 Å². The molecule has 104 valence electrons. The van der Waals surface area contributed by atoms with E-state index in [0.29, 0.717) is 24.5 Å². The summed E-state index contributed by atoms with van der Waals surface area (Å²) in [6.45, 7) is 1.83. The minimum absolute atomic E-state index is 0.330. The fourth-order valence-electron chi connectivity index (χ4n) is 3.10. The van der Waals surface area contributed by atoms with Gasteiger partial charge in [0.15, 0.2) is 0 Å². The maximum absolute atomic E-state index is 9.13. The van der Waals surface area contributed by atoms with Crippen molar-refractivity contribution in [2.24, 2.45) is 5.92 Å². The number of hydrogen-bond acceptors (Lipinski definition) is 3. The molecule has 1 unspecified atom stereocenters. The molecule has 0 radical (unpaired) electrons. The average molecular weight is 262 g/mol. The third-order valence-electron chi connectivity index (χ3n) is 4.38. The highest BCUT2D eigenvalue weighted by Gasteiger charge is 2.26. The van der Waals surface area contributed by atoms with Crippen LogP contribution in [0.3, 0.4) is 0 Å². The molecule has 1 N–H and O–H groups in total. The zero-order chi connectivity index (χ0) is 13.1. The van der Waals surface area contributed by atoms with E-state index in [1.165, 1.54) is 5.56 Å². The van der Waals surface area contributed by atoms with Crippen LogP contribution in [-0.2, 0) is 4.74 Å². The van der Waals surface area contributed by atoms with Crippen LogP contribution in [0.1, 0.15) is 37.2 Å². The van der Waals surface area contributed by atoms with Crippen LogP contribution in [0.15, 0.2) is 24.3 Å². The van der Waals surface area contributed by atoms with Gasteiger partial charge in [-0.2, -0.15) is 0 Å². The van der Waals surface area contributed by atoms with Crippen LogP contribution < -0.4 is 4.74 Å². The number of ether oxygens (including phenoxy) is 2. The highest BCUT2D eigenvalue weighted by Crippen LogP contribution is 2.34. The molecule has 1 saturated carbocycles. The smallest absolute Gasteiger partial charge is 0.123 e. The number of fused-ring (bicyclic) bond motifs is 1. The summed E-state index contributed by atoms with van der Waals surface area (Å²) in [6.07, 6.45) is 4.73. The van der Waals surface area contributed by atoms with Crippen LogP contribution in [0.2, 0.25) is 0 Å². The van der Waals surface area contributed by atoms with Gasteiger partial charge in [-0.25, -0.2) is 0 Å². The Kier molecular flexibility index (Phi) is 4.04. The van der Waals surface area contributed by atoms with Gasteiger partial charge in [0.2, 0.25) is 0 Å². The van der Waals surface area contributed by atoms with E-state index in [-0.39, 0.29) is 0 Å². The van der Waals surface area contributed by atoms with Gasteiger partial charge in [0.25, 0.3) is 0 Å². The van der Waals surface area contributed by atoms with E-state index < -0.39 is 0 Å². The first-order chi connectivity index (χ1) is 9.36. The Bertz CT molecular complexity index is 410. The Morgan fingerprint density at radius 3 is 2.74 bits per heavy atom. The Hall–Kier alpha value is -1.06. The summed E-state index contributed by atoms with van der Waals surface area (Å²) in [7, 11) is 0. The molecule has 1 aromatic carbocycles. The lowest BCUT2D eigenvalue weighted by Gasteiger charge is -2.28. The lowest BCUT2D eigenvalue weighted by molar-refractivity contribution is 0.00256. The fraction of sp³-hybridized carbons (Fsp3) is 0.625. The van der Waals surface area contributed by atoms with Crippen LogP contribution in [0, 0.1) is 5.92 Å². The van der Waals surface area contributed by atoms with Crippen molar-refractivity contribution in [2.45, 2.75) is 37.7 Å². The molecule has 1 aliphatic heterocycles. The summed E-state index contributed by atoms with van der Waals surface area (Å²) in [6, 6.07) is 8.24. The first kappa shape index (κ1) is 12.9. The SMILES string of the molecule is OCC1CCC(OCC2COc3ccccc32)CC1. The van der Waals surface area contributed by atoms with Gasteiger partial charge in [-0.1, -0.05) is 18.2 Å². The lowest BCUT2D eigenvalue weighted by atomic mass is 9.88. The Morgan fingerprint density at radius 2 is 1.95 bits per heavy atom. The van der Waals surface area contributed by atoms with Crippen molar-refractivity contribution in [2.75, 3.05) is 19.8 Å². The molecular formula is C16H22O3. The van der Waals surface area contributed by atoms with E-state index in [4.69, 9.17) is 14.6 Å². The van der Waals surface area contributed by atoms with E-state index in [2.05, 4.69) is 12.1 Å². The summed E-state index contributed by atoms with van der Waals surface area (Å²) in [5.74, 6) is 1.89. The second kappa shape index (κ2) is 5.93. The molecular weight excluding hydrogens is 240 g/mol. The third kappa shape index (κ3) is 2.93. The lowest BCUT2D eigenvalue weighted by Crippen LogP contribution is -2.25. The van der Waals surface area contributed by atoms with Gasteiger partial charge >= 0.3 is 0 Å². The first-order valence-corrected chi connectivity index (χ1v) is 7.31. The molecule has 0 saturated heterocycles. The maximum Gasteiger partial charge on any atom is 0.123 e. The number of rotatable bonds is 4. The third-order valence-corrected chi connectivity index (χ3v) is 4.38. The summed E-state index contributed by atoms with van der Waals surface area (Å²) in [5.41, 5.74) is 1.28. The van der Waals surface area contributed by atoms with Crippen molar-refractivity contribution in [1.29, 1.82) is 0 Å². The molecule has 19 heavy (non-hydrogen) atoms. The van der Waals surface area contributed by atoms with E-state index in [1.54, 1.807) is 0 Å². The van der Waals surface area contributed by atoms with Gasteiger partial charge in [0.05, 0.1) is 19.3 Å². The quantitative estimate of drug-likeness (QED) is 0.906. The normalized spacial score (nSPS) is 29.8. The molecule has 0 amide bonds. The van der Waals surface area contributed by atoms with Crippen molar-refractivity contribution in [3.63, 3.8) is 0 Å². The van der Waals surface area contributed by atoms with Crippen molar-refractivity contribution in [1.82, 2.24) is 0 Å². The van der Waals surface area contributed by atoms with Gasteiger partial charge < -0.3 is 14.6 Å². The topological polar surface area (TPSA) is 38.7 Å². The largest absolute Gasteiger partial charge is 0.493 e. The van der Waals surface area contributed by atoms with E-state index >= 15 is 0 Å². The minimum Gasteiger partial charge on any atom is -0.493 e. The fourth-order valence-corrected chi connectivity index (χ4v) is 3.10. The molecule has 0 bridgehead atoms. The van der Waals surface area contributed by atoms with E-state index in [1.807, 2.05) is 12.1 Å². The van der Waals surface area contributed by atoms with E-state index in [0.717, 1.165) is 44.6 Å². The first-order valence-electron chi connectivity index (χ1n) is 7.31. The number of aliphatic hydroxyl groups is 1. The van der Waals surface area contributed by atoms with Gasteiger partial charge in [-0.05, 0) is 37.7 Å². The van der Waals surface area contributed by atoms with Crippen molar-refractivity contribution in [3.8, 4) is 5.75 Å². The molecule has 1 heterocycles. The van der Waals surface area contributed by atoms with Crippen LogP contribution in [0.4, 0.5) is 0 Å². The molecule has 3 rings (SSSR count). The van der Waals surface area contributed by atoms with Gasteiger partial charge in [-0.3, -0.25) is 0 Å². The summed E-state index contributed by atoms with van der Waals surface area (Å²) >= 11 is 0. The second-order valence-electron chi connectivity index (χ2n) is 5.70. The molecule has 1 aromatic rings. The molecule has 1 aliphatic carbocycles. The minimum atomic E-state index is 0.330. The zero-order valence-corrected chi connectivity index (χ0v) is 11.3. The average Bonchev–Trinajstić information content (AvgIpc) is 2.89. The predicted molar refractivity (Wildman–Crippen MR) is 73.5 cm³/mol. The molecule has 0 spiro atoms. The predicted octanol–water partition coefficient (Wildman–Crippen LogP) is 2.73. The van der Waals surface area contributed by atoms with Crippen molar-refractivity contribution >= 4 is 0 Å². The molecule has 0 aromatic heterocycles. The van der Waals surface area contributed by atoms with Crippen molar-refractivity contribution < 1.29 is 14.6 Å². The van der Waals surface area contributed by atoms with Gasteiger partial charge in [0, 0.05) is 18.1 Å². The number of para-hydroxylation sites is 1. The van der Waals surface area contributed by atoms with Crippen LogP contribution in [-0.4, -0.2) is 31.0 Å². The summed E-state index contributed by atoms with van der Waals surface area (Å²) < 4.78 is 11.7. The Morgan fingerprint density at radius 1 is 1.16 bits per heavy atom. The summed E-state index contributed by atoms with van der Waals surface area (Å²) in [5, 5.41) is 9.13. The highest BCUT2D eigenvalue weighted by molar-refractivity contribution is 5.39. The number of benzene rings is 1. The van der Waals surface area contributed by atoms with Crippen LogP contribution in [0.25, 0.3) is 0 Å². The molecule has 3 heteroatoms. The highest BCUT2D eigenvalue weighted by atomic mass is 16.5. The Balaban J connectivity index is 1.49.